The van der Waals surface area contributed by atoms with Crippen molar-refractivity contribution in [3.63, 3.8) is 0 Å². The Hall–Kier alpha value is -2.59. The summed E-state index contributed by atoms with van der Waals surface area (Å²) in [5.74, 6) is -0.124. The Bertz CT molecular complexity index is 1080. The molecule has 4 rings (SSSR count). The quantitative estimate of drug-likeness (QED) is 0.413. The molecule has 0 amide bonds. The molecule has 0 bridgehead atoms. The Morgan fingerprint density at radius 2 is 1.69 bits per heavy atom. The summed E-state index contributed by atoms with van der Waals surface area (Å²) in [6, 6.07) is 18.6. The highest BCUT2D eigenvalue weighted by Crippen LogP contribution is 2.46. The topological polar surface area (TPSA) is 46.5 Å². The minimum atomic E-state index is -0.790. The smallest absolute Gasteiger partial charge is 0.304 e. The Kier molecular flexibility index (Phi) is 6.17. The van der Waals surface area contributed by atoms with Crippen LogP contribution in [0.15, 0.2) is 60.0 Å². The summed E-state index contributed by atoms with van der Waals surface area (Å²) >= 11 is 1.60. The van der Waals surface area contributed by atoms with Crippen molar-refractivity contribution in [3.8, 4) is 5.75 Å². The summed E-state index contributed by atoms with van der Waals surface area (Å²) in [5, 5.41) is 11.3. The SMILES string of the molecule is CC1(C)CCC(C)(C)c2cc(COc3ccc([C@H](CC(=O)O)c4cccs4)cc3)ccc21. The monoisotopic (exact) mass is 448 g/mol. The van der Waals surface area contributed by atoms with Gasteiger partial charge in [0.2, 0.25) is 0 Å². The lowest BCUT2D eigenvalue weighted by atomic mass is 9.63. The third-order valence-electron chi connectivity index (χ3n) is 6.87. The van der Waals surface area contributed by atoms with Gasteiger partial charge >= 0.3 is 5.97 Å². The second-order valence-electron chi connectivity index (χ2n) is 10.2. The fraction of sp³-hybridized carbons (Fsp3) is 0.393. The second kappa shape index (κ2) is 8.74. The largest absolute Gasteiger partial charge is 0.489 e. The van der Waals surface area contributed by atoms with Gasteiger partial charge in [-0.2, -0.15) is 0 Å². The number of ether oxygens (including phenoxy) is 1. The summed E-state index contributed by atoms with van der Waals surface area (Å²) in [4.78, 5) is 12.4. The molecule has 3 nitrogen and oxygen atoms in total. The molecule has 0 unspecified atom stereocenters. The predicted molar refractivity (Wildman–Crippen MR) is 131 cm³/mol. The number of thiophene rings is 1. The van der Waals surface area contributed by atoms with Crippen LogP contribution in [0.1, 0.15) is 80.0 Å². The first-order valence-electron chi connectivity index (χ1n) is 11.3. The van der Waals surface area contributed by atoms with Crippen molar-refractivity contribution in [2.75, 3.05) is 0 Å². The van der Waals surface area contributed by atoms with E-state index in [9.17, 15) is 9.90 Å². The van der Waals surface area contributed by atoms with Gasteiger partial charge in [0.25, 0.3) is 0 Å². The van der Waals surface area contributed by atoms with E-state index in [0.717, 1.165) is 16.2 Å². The van der Waals surface area contributed by atoms with Gasteiger partial charge in [-0.3, -0.25) is 4.79 Å². The minimum absolute atomic E-state index is 0.0853. The lowest BCUT2D eigenvalue weighted by Gasteiger charge is -2.42. The molecule has 1 heterocycles. The van der Waals surface area contributed by atoms with Crippen molar-refractivity contribution < 1.29 is 14.6 Å². The maximum atomic E-state index is 11.4. The Labute approximate surface area is 195 Å². The number of hydrogen-bond acceptors (Lipinski definition) is 3. The fourth-order valence-corrected chi connectivity index (χ4v) is 5.59. The third kappa shape index (κ3) is 4.75. The maximum Gasteiger partial charge on any atom is 0.304 e. The highest BCUT2D eigenvalue weighted by atomic mass is 32.1. The fourth-order valence-electron chi connectivity index (χ4n) is 4.74. The number of fused-ring (bicyclic) bond motifs is 1. The number of carbonyl (C=O) groups is 1. The van der Waals surface area contributed by atoms with Crippen LogP contribution in [-0.4, -0.2) is 11.1 Å². The lowest BCUT2D eigenvalue weighted by molar-refractivity contribution is -0.137. The first-order valence-corrected chi connectivity index (χ1v) is 12.2. The van der Waals surface area contributed by atoms with Crippen LogP contribution in [0.3, 0.4) is 0 Å². The molecule has 0 fully saturated rings. The molecule has 0 spiro atoms. The van der Waals surface area contributed by atoms with Crippen LogP contribution in [0.5, 0.6) is 5.75 Å². The van der Waals surface area contributed by atoms with Gasteiger partial charge in [0.15, 0.2) is 0 Å². The van der Waals surface area contributed by atoms with Crippen LogP contribution in [0, 0.1) is 0 Å². The third-order valence-corrected chi connectivity index (χ3v) is 7.86. The minimum Gasteiger partial charge on any atom is -0.489 e. The van der Waals surface area contributed by atoms with E-state index in [1.807, 2.05) is 41.8 Å². The van der Waals surface area contributed by atoms with Gasteiger partial charge in [-0.15, -0.1) is 11.3 Å². The molecule has 32 heavy (non-hydrogen) atoms. The lowest BCUT2D eigenvalue weighted by Crippen LogP contribution is -2.33. The molecule has 168 valence electrons. The van der Waals surface area contributed by atoms with E-state index in [2.05, 4.69) is 45.9 Å². The van der Waals surface area contributed by atoms with Crippen LogP contribution < -0.4 is 4.74 Å². The van der Waals surface area contributed by atoms with Gasteiger partial charge in [-0.25, -0.2) is 0 Å². The molecule has 1 N–H and O–H groups in total. The van der Waals surface area contributed by atoms with Crippen molar-refractivity contribution in [2.45, 2.75) is 70.3 Å². The van der Waals surface area contributed by atoms with Crippen LogP contribution >= 0.6 is 11.3 Å². The summed E-state index contributed by atoms with van der Waals surface area (Å²) in [6.07, 6.45) is 2.49. The molecule has 2 aromatic carbocycles. The van der Waals surface area contributed by atoms with Crippen molar-refractivity contribution in [2.24, 2.45) is 0 Å². The van der Waals surface area contributed by atoms with Gasteiger partial charge in [-0.1, -0.05) is 64.1 Å². The molecule has 4 heteroatoms. The normalized spacial score (nSPS) is 17.4. The zero-order valence-electron chi connectivity index (χ0n) is 19.4. The van der Waals surface area contributed by atoms with Crippen LogP contribution in [-0.2, 0) is 22.2 Å². The van der Waals surface area contributed by atoms with E-state index in [-0.39, 0.29) is 23.2 Å². The molecule has 0 saturated carbocycles. The Morgan fingerprint density at radius 1 is 1.00 bits per heavy atom. The van der Waals surface area contributed by atoms with E-state index >= 15 is 0 Å². The van der Waals surface area contributed by atoms with E-state index < -0.39 is 5.97 Å². The molecule has 0 saturated heterocycles. The zero-order chi connectivity index (χ0) is 22.9. The molecule has 1 aromatic heterocycles. The van der Waals surface area contributed by atoms with Crippen molar-refractivity contribution in [1.29, 1.82) is 0 Å². The number of rotatable bonds is 7. The highest BCUT2D eigenvalue weighted by molar-refractivity contribution is 7.10. The predicted octanol–water partition coefficient (Wildman–Crippen LogP) is 7.28. The summed E-state index contributed by atoms with van der Waals surface area (Å²) in [6.45, 7) is 9.88. The van der Waals surface area contributed by atoms with Gasteiger partial charge < -0.3 is 9.84 Å². The van der Waals surface area contributed by atoms with E-state index in [0.29, 0.717) is 6.61 Å². The van der Waals surface area contributed by atoms with E-state index in [1.54, 1.807) is 11.3 Å². The van der Waals surface area contributed by atoms with Crippen LogP contribution in [0.2, 0.25) is 0 Å². The van der Waals surface area contributed by atoms with Crippen molar-refractivity contribution in [1.82, 2.24) is 0 Å². The number of carboxylic acids is 1. The molecule has 0 radical (unpaired) electrons. The van der Waals surface area contributed by atoms with Crippen LogP contribution in [0.25, 0.3) is 0 Å². The van der Waals surface area contributed by atoms with Gasteiger partial charge in [0, 0.05) is 10.8 Å². The average Bonchev–Trinajstić information content (AvgIpc) is 3.29. The highest BCUT2D eigenvalue weighted by Gasteiger charge is 2.36. The number of hydrogen-bond donors (Lipinski definition) is 1. The first kappa shape index (κ1) is 22.6. The summed E-state index contributed by atoms with van der Waals surface area (Å²) in [7, 11) is 0. The van der Waals surface area contributed by atoms with Crippen molar-refractivity contribution >= 4 is 17.3 Å². The molecule has 3 aromatic rings. The molecule has 1 atom stereocenters. The standard InChI is InChI=1S/C28H32O3S/c1-27(2)13-14-28(3,4)24-16-19(7-12-23(24)27)18-31-21-10-8-20(9-11-21)22(17-26(29)30)25-6-5-15-32-25/h5-12,15-16,22H,13-14,17-18H2,1-4H3,(H,29,30)/t22-/m0/s1. The van der Waals surface area contributed by atoms with E-state index in [4.69, 9.17) is 4.74 Å². The Balaban J connectivity index is 1.49. The summed E-state index contributed by atoms with van der Waals surface area (Å²) in [5.41, 5.74) is 5.48. The average molecular weight is 449 g/mol. The summed E-state index contributed by atoms with van der Waals surface area (Å²) < 4.78 is 6.10. The maximum absolute atomic E-state index is 11.4. The zero-order valence-corrected chi connectivity index (χ0v) is 20.2. The first-order chi connectivity index (χ1) is 15.2. The van der Waals surface area contributed by atoms with Crippen molar-refractivity contribution in [3.05, 3.63) is 87.1 Å². The molecule has 1 aliphatic carbocycles. The molecule has 1 aliphatic rings. The molecule has 0 aliphatic heterocycles. The Morgan fingerprint density at radius 3 is 2.31 bits per heavy atom. The van der Waals surface area contributed by atoms with Gasteiger partial charge in [0.1, 0.15) is 12.4 Å². The number of aliphatic carboxylic acids is 1. The van der Waals surface area contributed by atoms with E-state index in [1.165, 1.54) is 29.5 Å². The van der Waals surface area contributed by atoms with Gasteiger partial charge in [-0.05, 0) is 69.5 Å². The van der Waals surface area contributed by atoms with Gasteiger partial charge in [0.05, 0.1) is 6.42 Å². The number of benzene rings is 2. The van der Waals surface area contributed by atoms with Crippen LogP contribution in [0.4, 0.5) is 0 Å². The second-order valence-corrected chi connectivity index (χ2v) is 11.2. The molecular weight excluding hydrogens is 416 g/mol. The number of carboxylic acid groups (broad SMARTS) is 1. The molecular formula is C28H32O3S.